The van der Waals surface area contributed by atoms with Gasteiger partial charge in [-0.25, -0.2) is 15.0 Å². The largest absolute Gasteiger partial charge is 0.461 e. The molecule has 306 valence electrons. The Morgan fingerprint density at radius 1 is 1.09 bits per heavy atom. The summed E-state index contributed by atoms with van der Waals surface area (Å²) in [5.74, 6) is 0.626. The van der Waals surface area contributed by atoms with Gasteiger partial charge in [-0.15, -0.1) is 31.4 Å². The number of carbonyl (C=O) groups excluding carboxylic acids is 3. The third-order valence-electron chi connectivity index (χ3n) is 14.8. The molecule has 2 aromatic rings. The molecule has 5 aliphatic rings. The molecule has 55 heavy (non-hydrogen) atoms. The molecule has 5 fully saturated rings. The molecule has 3 N–H and O–H groups in total. The van der Waals surface area contributed by atoms with Crippen molar-refractivity contribution in [1.82, 2.24) is 29.3 Å². The molecule has 0 spiro atoms. The van der Waals surface area contributed by atoms with E-state index in [0.29, 0.717) is 51.1 Å². The van der Waals surface area contributed by atoms with Gasteiger partial charge in [0.2, 0.25) is 5.91 Å². The maximum absolute atomic E-state index is 13.9. The van der Waals surface area contributed by atoms with E-state index in [9.17, 15) is 19.5 Å². The van der Waals surface area contributed by atoms with Crippen LogP contribution in [0.1, 0.15) is 86.0 Å². The minimum absolute atomic E-state index is 0. The van der Waals surface area contributed by atoms with Crippen molar-refractivity contribution in [2.75, 3.05) is 44.2 Å². The highest BCUT2D eigenvalue weighted by molar-refractivity contribution is 5.86. The number of aromatic nitrogens is 4. The molecule has 2 aliphatic heterocycles. The zero-order valence-corrected chi connectivity index (χ0v) is 34.8. The van der Waals surface area contributed by atoms with E-state index >= 15 is 0 Å². The minimum Gasteiger partial charge on any atom is -0.461 e. The van der Waals surface area contributed by atoms with Crippen LogP contribution in [0.4, 0.5) is 5.82 Å². The van der Waals surface area contributed by atoms with E-state index < -0.39 is 23.0 Å². The zero-order chi connectivity index (χ0) is 37.9. The van der Waals surface area contributed by atoms with E-state index in [1.807, 2.05) is 22.5 Å². The van der Waals surface area contributed by atoms with Crippen LogP contribution in [0.25, 0.3) is 11.2 Å². The van der Waals surface area contributed by atoms with Crippen molar-refractivity contribution in [3.63, 3.8) is 0 Å². The predicted molar refractivity (Wildman–Crippen MR) is 216 cm³/mol. The van der Waals surface area contributed by atoms with Gasteiger partial charge in [0.05, 0.1) is 19.0 Å². The number of aliphatic hydroxyl groups is 1. The maximum Gasteiger partial charge on any atom is 0.320 e. The lowest BCUT2D eigenvalue weighted by Crippen LogP contribution is -2.63. The van der Waals surface area contributed by atoms with E-state index in [-0.39, 0.29) is 84.3 Å². The van der Waals surface area contributed by atoms with Gasteiger partial charge in [0.1, 0.15) is 18.2 Å². The molecule has 13 nitrogen and oxygen atoms in total. The lowest BCUT2D eigenvalue weighted by Gasteiger charge is -2.61. The highest BCUT2D eigenvalue weighted by Gasteiger charge is 2.68. The van der Waals surface area contributed by atoms with Gasteiger partial charge in [-0.2, -0.15) is 0 Å². The molecule has 4 heterocycles. The zero-order valence-electron chi connectivity index (χ0n) is 33.2. The number of aliphatic hydroxyl groups excluding tert-OH is 1. The number of ketones is 1. The summed E-state index contributed by atoms with van der Waals surface area (Å²) in [7, 11) is 0. The molecular formula is C40H62Cl2N8O5. The van der Waals surface area contributed by atoms with Crippen LogP contribution in [-0.2, 0) is 25.7 Å². The second-order valence-corrected chi connectivity index (χ2v) is 17.5. The fourth-order valence-electron chi connectivity index (χ4n) is 11.2. The quantitative estimate of drug-likeness (QED) is 0.273. The Kier molecular flexibility index (Phi) is 13.0. The van der Waals surface area contributed by atoms with Crippen LogP contribution in [0, 0.1) is 34.0 Å². The Morgan fingerprint density at radius 3 is 2.55 bits per heavy atom. The summed E-state index contributed by atoms with van der Waals surface area (Å²) >= 11 is 0. The van der Waals surface area contributed by atoms with Crippen LogP contribution in [0.2, 0.25) is 0 Å². The molecule has 3 saturated carbocycles. The lowest BCUT2D eigenvalue weighted by atomic mass is 9.44. The number of aryl methyl sites for hydroxylation is 1. The molecular weight excluding hydrogens is 743 g/mol. The molecule has 2 aromatic heterocycles. The third-order valence-corrected chi connectivity index (χ3v) is 14.8. The Labute approximate surface area is 338 Å². The van der Waals surface area contributed by atoms with Gasteiger partial charge in [-0.3, -0.25) is 19.3 Å². The van der Waals surface area contributed by atoms with Crippen LogP contribution in [0.15, 0.2) is 25.3 Å². The Hall–Kier alpha value is -2.84. The summed E-state index contributed by atoms with van der Waals surface area (Å²) in [4.78, 5) is 61.1. The number of carbonyl (C=O) groups is 3. The molecule has 2 saturated heterocycles. The number of amides is 1. The number of Topliss-reactive ketones (excluding diaryl/α,β-unsaturated/α-hetero) is 1. The summed E-state index contributed by atoms with van der Waals surface area (Å²) < 4.78 is 8.45. The maximum atomic E-state index is 13.9. The fraction of sp³-hybridized carbons (Fsp3) is 0.750. The first kappa shape index (κ1) is 43.3. The van der Waals surface area contributed by atoms with Crippen LogP contribution in [0.5, 0.6) is 0 Å². The number of piperazine rings is 1. The van der Waals surface area contributed by atoms with Crippen molar-refractivity contribution < 1.29 is 24.2 Å². The average molecular weight is 806 g/mol. The van der Waals surface area contributed by atoms with Crippen LogP contribution in [-0.4, -0.2) is 116 Å². The number of halogens is 2. The Balaban J connectivity index is 0.00000290. The summed E-state index contributed by atoms with van der Waals surface area (Å²) in [6, 6.07) is 0.0844. The summed E-state index contributed by atoms with van der Waals surface area (Å²) in [5, 5.41) is 11.8. The molecule has 1 amide bonds. The first-order chi connectivity index (χ1) is 25.3. The van der Waals surface area contributed by atoms with Gasteiger partial charge in [0.15, 0.2) is 17.0 Å². The summed E-state index contributed by atoms with van der Waals surface area (Å²) in [6.07, 6.45) is 9.40. The minimum atomic E-state index is -0.698. The van der Waals surface area contributed by atoms with E-state index in [1.54, 1.807) is 12.7 Å². The van der Waals surface area contributed by atoms with Gasteiger partial charge in [0.25, 0.3) is 0 Å². The second kappa shape index (κ2) is 16.6. The van der Waals surface area contributed by atoms with Crippen LogP contribution in [0.3, 0.4) is 0 Å². The molecule has 2 bridgehead atoms. The number of esters is 1. The lowest BCUT2D eigenvalue weighted by molar-refractivity contribution is -0.207. The number of rotatable bonds is 9. The van der Waals surface area contributed by atoms with E-state index in [0.717, 1.165) is 56.5 Å². The molecule has 3 aliphatic carbocycles. The fourth-order valence-corrected chi connectivity index (χ4v) is 11.2. The van der Waals surface area contributed by atoms with E-state index in [4.69, 9.17) is 10.5 Å². The van der Waals surface area contributed by atoms with Crippen molar-refractivity contribution in [3.05, 3.63) is 25.3 Å². The average Bonchev–Trinajstić information content (AvgIpc) is 3.87. The smallest absolute Gasteiger partial charge is 0.320 e. The topological polar surface area (TPSA) is 160 Å². The van der Waals surface area contributed by atoms with Crippen molar-refractivity contribution >= 4 is 59.5 Å². The number of anilines is 1. The third kappa shape index (κ3) is 7.41. The number of nitrogens with zero attached hydrogens (tertiary/aromatic N) is 7. The summed E-state index contributed by atoms with van der Waals surface area (Å²) in [5.41, 5.74) is 6.03. The molecule has 0 aromatic carbocycles. The molecule has 7 rings (SSSR count). The highest BCUT2D eigenvalue weighted by Crippen LogP contribution is 2.68. The van der Waals surface area contributed by atoms with Gasteiger partial charge in [-0.05, 0) is 55.8 Å². The first-order valence-corrected chi connectivity index (χ1v) is 20.0. The number of hydrogen-bond donors (Lipinski definition) is 2. The van der Waals surface area contributed by atoms with Crippen LogP contribution >= 0.6 is 24.8 Å². The standard InChI is InChI=1S/C40H60N8O5.2ClH/c1-7-28-21-45(17-18-48(28)31(50)12-16-47-24-44-33-36(42-23-43-37(33)47)46-15-11-27(41)20-46)22-32(51)53-30-19-38(5,8-2)35(52)26(4)40-13-9-25(3)39(30,6)34(40)29(49)10-14-40;;/h8,23-28,30,34-35,52H,2,7,9-22,41H2,1,3-6H3;2*1H/t25-,26+,27?,28?,30-,34-,35+,38-,39+,40+;;/m1../s1. The highest BCUT2D eigenvalue weighted by atomic mass is 35.5. The molecule has 0 radical (unpaired) electrons. The van der Waals surface area contributed by atoms with Gasteiger partial charge >= 0.3 is 5.97 Å². The monoisotopic (exact) mass is 804 g/mol. The number of imidazole rings is 1. The molecule has 15 heteroatoms. The molecule has 10 atom stereocenters. The van der Waals surface area contributed by atoms with Gasteiger partial charge in [0, 0.05) is 80.9 Å². The van der Waals surface area contributed by atoms with Crippen molar-refractivity contribution in [2.24, 2.45) is 39.7 Å². The SMILES string of the molecule is C=C[C@]1(C)C[C@@H](OC(=O)CN2CCN(C(=O)CCn3cnc4c(N5CCC(N)C5)ncnc43)C(CC)C2)[C@]2(C)[C@H](C)CC[C@]3(CCC(=O)[C@@H]32)[C@@H](C)[C@@H]1O.Cl.Cl. The second-order valence-electron chi connectivity index (χ2n) is 17.5. The number of nitrogens with two attached hydrogens (primary N) is 1. The summed E-state index contributed by atoms with van der Waals surface area (Å²) in [6.45, 7) is 18.5. The van der Waals surface area contributed by atoms with Crippen molar-refractivity contribution in [3.8, 4) is 0 Å². The van der Waals surface area contributed by atoms with E-state index in [2.05, 4.69) is 59.0 Å². The number of hydrogen-bond acceptors (Lipinski definition) is 11. The van der Waals surface area contributed by atoms with Crippen molar-refractivity contribution in [1.29, 1.82) is 0 Å². The Morgan fingerprint density at radius 2 is 1.85 bits per heavy atom. The first-order valence-electron chi connectivity index (χ1n) is 20.0. The van der Waals surface area contributed by atoms with Gasteiger partial charge < -0.3 is 29.9 Å². The normalized spacial score (nSPS) is 36.3. The Bertz CT molecular complexity index is 1750. The number of ether oxygens (including phenoxy) is 1. The molecule has 2 unspecified atom stereocenters. The predicted octanol–water partition coefficient (Wildman–Crippen LogP) is 4.43. The van der Waals surface area contributed by atoms with Gasteiger partial charge in [-0.1, -0.05) is 40.7 Å². The van der Waals surface area contributed by atoms with E-state index in [1.165, 1.54) is 0 Å². The number of fused-ring (bicyclic) bond motifs is 1. The van der Waals surface area contributed by atoms with Crippen LogP contribution < -0.4 is 10.6 Å². The van der Waals surface area contributed by atoms with Crippen molar-refractivity contribution in [2.45, 2.75) is 117 Å².